The number of benzene rings is 1. The van der Waals surface area contributed by atoms with Crippen LogP contribution in [0.15, 0.2) is 12.1 Å². The van der Waals surface area contributed by atoms with Crippen LogP contribution in [0.1, 0.15) is 24.0 Å². The highest BCUT2D eigenvalue weighted by atomic mass is 16.5. The van der Waals surface area contributed by atoms with E-state index in [9.17, 15) is 0 Å². The van der Waals surface area contributed by atoms with E-state index in [-0.39, 0.29) is 0 Å². The van der Waals surface area contributed by atoms with Crippen LogP contribution in [0, 0.1) is 0 Å². The number of aryl methyl sites for hydroxylation is 1. The zero-order chi connectivity index (χ0) is 10.8. The lowest BCUT2D eigenvalue weighted by atomic mass is 10.0. The van der Waals surface area contributed by atoms with Crippen LogP contribution in [0.3, 0.4) is 0 Å². The van der Waals surface area contributed by atoms with Crippen molar-refractivity contribution in [3.05, 3.63) is 23.3 Å². The number of rotatable bonds is 0. The molecule has 0 spiro atoms. The Morgan fingerprint density at radius 2 is 2.06 bits per heavy atom. The van der Waals surface area contributed by atoms with Crippen LogP contribution in [-0.2, 0) is 13.0 Å². The molecule has 0 bridgehead atoms. The highest BCUT2D eigenvalue weighted by Gasteiger charge is 2.14. The largest absolute Gasteiger partial charge is 0.493 e. The number of ether oxygens (including phenoxy) is 1. The highest BCUT2D eigenvalue weighted by Crippen LogP contribution is 2.31. The molecule has 2 aliphatic rings. The van der Waals surface area contributed by atoms with Gasteiger partial charge in [0.1, 0.15) is 5.75 Å². The van der Waals surface area contributed by atoms with Crippen molar-refractivity contribution in [3.8, 4) is 5.75 Å². The van der Waals surface area contributed by atoms with Gasteiger partial charge in [0, 0.05) is 31.4 Å². The Morgan fingerprint density at radius 1 is 1.06 bits per heavy atom. The molecule has 0 fully saturated rings. The van der Waals surface area contributed by atoms with Gasteiger partial charge in [-0.2, -0.15) is 0 Å². The third kappa shape index (κ3) is 1.87. The molecular formula is C13H18N2O. The number of anilines is 1. The lowest BCUT2D eigenvalue weighted by Gasteiger charge is -2.13. The number of hydrogen-bond donors (Lipinski definition) is 2. The minimum Gasteiger partial charge on any atom is -0.493 e. The van der Waals surface area contributed by atoms with Crippen LogP contribution >= 0.6 is 0 Å². The Hall–Kier alpha value is -1.22. The molecule has 3 nitrogen and oxygen atoms in total. The zero-order valence-corrected chi connectivity index (χ0v) is 9.51. The smallest absolute Gasteiger partial charge is 0.124 e. The molecule has 2 N–H and O–H groups in total. The Balaban J connectivity index is 2.00. The second kappa shape index (κ2) is 4.34. The van der Waals surface area contributed by atoms with Crippen molar-refractivity contribution in [2.75, 3.05) is 25.0 Å². The van der Waals surface area contributed by atoms with Gasteiger partial charge in [-0.05, 0) is 36.5 Å². The number of fused-ring (bicyclic) bond motifs is 2. The Bertz CT molecular complexity index is 322. The topological polar surface area (TPSA) is 33.3 Å². The average molecular weight is 218 g/mol. The molecule has 0 atom stereocenters. The van der Waals surface area contributed by atoms with Crippen LogP contribution in [0.25, 0.3) is 0 Å². The van der Waals surface area contributed by atoms with Crippen molar-refractivity contribution in [2.24, 2.45) is 0 Å². The molecule has 0 amide bonds. The molecule has 2 aliphatic heterocycles. The van der Waals surface area contributed by atoms with Crippen LogP contribution in [-0.4, -0.2) is 19.7 Å². The van der Waals surface area contributed by atoms with Gasteiger partial charge in [-0.25, -0.2) is 0 Å². The minimum atomic E-state index is 0.865. The van der Waals surface area contributed by atoms with E-state index in [1.807, 2.05) is 0 Å². The van der Waals surface area contributed by atoms with Crippen molar-refractivity contribution >= 4 is 5.69 Å². The van der Waals surface area contributed by atoms with Gasteiger partial charge in [0.15, 0.2) is 0 Å². The fourth-order valence-corrected chi connectivity index (χ4v) is 2.42. The van der Waals surface area contributed by atoms with Gasteiger partial charge in [0.05, 0.1) is 6.61 Å². The molecule has 2 heterocycles. The maximum Gasteiger partial charge on any atom is 0.124 e. The monoisotopic (exact) mass is 218 g/mol. The van der Waals surface area contributed by atoms with Crippen LogP contribution < -0.4 is 15.4 Å². The van der Waals surface area contributed by atoms with Crippen molar-refractivity contribution in [1.82, 2.24) is 5.32 Å². The van der Waals surface area contributed by atoms with E-state index in [2.05, 4.69) is 22.8 Å². The SMILES string of the molecule is c1c2c(cc3c1CCCCO3)NCCNC2. The number of hydrogen-bond acceptors (Lipinski definition) is 3. The third-order valence-corrected chi connectivity index (χ3v) is 3.32. The standard InChI is InChI=1S/C13H18N2O/c1-2-6-16-13-8-12-11(7-10(13)3-1)9-14-4-5-15-12/h7-8,14-15H,1-6,9H2. The molecule has 1 aromatic carbocycles. The molecular weight excluding hydrogens is 200 g/mol. The van der Waals surface area contributed by atoms with Gasteiger partial charge < -0.3 is 15.4 Å². The molecule has 1 aromatic rings. The minimum absolute atomic E-state index is 0.865. The van der Waals surface area contributed by atoms with Gasteiger partial charge in [0.2, 0.25) is 0 Å². The number of nitrogens with one attached hydrogen (secondary N) is 2. The first kappa shape index (κ1) is 9.97. The molecule has 16 heavy (non-hydrogen) atoms. The molecule has 0 aromatic heterocycles. The average Bonchev–Trinajstić information content (AvgIpc) is 2.64. The second-order valence-corrected chi connectivity index (χ2v) is 4.53. The lowest BCUT2D eigenvalue weighted by Crippen LogP contribution is -2.16. The summed E-state index contributed by atoms with van der Waals surface area (Å²) in [4.78, 5) is 0. The Morgan fingerprint density at radius 3 is 3.06 bits per heavy atom. The molecule has 0 radical (unpaired) electrons. The highest BCUT2D eigenvalue weighted by molar-refractivity contribution is 5.59. The van der Waals surface area contributed by atoms with E-state index in [1.165, 1.54) is 29.7 Å². The molecule has 0 saturated carbocycles. The van der Waals surface area contributed by atoms with Crippen LogP contribution in [0.4, 0.5) is 5.69 Å². The lowest BCUT2D eigenvalue weighted by molar-refractivity contribution is 0.317. The molecule has 86 valence electrons. The maximum atomic E-state index is 5.79. The summed E-state index contributed by atoms with van der Waals surface area (Å²) >= 11 is 0. The summed E-state index contributed by atoms with van der Waals surface area (Å²) in [6.07, 6.45) is 3.57. The first-order chi connectivity index (χ1) is 7.93. The van der Waals surface area contributed by atoms with Crippen molar-refractivity contribution in [1.29, 1.82) is 0 Å². The van der Waals surface area contributed by atoms with Crippen molar-refractivity contribution < 1.29 is 4.74 Å². The summed E-state index contributed by atoms with van der Waals surface area (Å²) in [5.74, 6) is 1.09. The summed E-state index contributed by atoms with van der Waals surface area (Å²) in [6, 6.07) is 4.49. The van der Waals surface area contributed by atoms with E-state index in [4.69, 9.17) is 4.74 Å². The third-order valence-electron chi connectivity index (χ3n) is 3.32. The fraction of sp³-hybridized carbons (Fsp3) is 0.538. The quantitative estimate of drug-likeness (QED) is 0.698. The summed E-state index contributed by atoms with van der Waals surface area (Å²) in [7, 11) is 0. The van der Waals surface area contributed by atoms with E-state index < -0.39 is 0 Å². The molecule has 3 rings (SSSR count). The van der Waals surface area contributed by atoms with Gasteiger partial charge in [-0.3, -0.25) is 0 Å². The second-order valence-electron chi connectivity index (χ2n) is 4.53. The summed E-state index contributed by atoms with van der Waals surface area (Å²) in [5, 5.41) is 6.88. The molecule has 0 aliphatic carbocycles. The predicted octanol–water partition coefficient (Wildman–Crippen LogP) is 1.92. The van der Waals surface area contributed by atoms with Crippen LogP contribution in [0.5, 0.6) is 5.75 Å². The molecule has 0 saturated heterocycles. The molecule has 3 heteroatoms. The maximum absolute atomic E-state index is 5.79. The Labute approximate surface area is 96.2 Å². The summed E-state index contributed by atoms with van der Waals surface area (Å²) in [5.41, 5.74) is 3.99. The molecule has 0 unspecified atom stereocenters. The van der Waals surface area contributed by atoms with Crippen molar-refractivity contribution in [2.45, 2.75) is 25.8 Å². The van der Waals surface area contributed by atoms with Gasteiger partial charge in [0.25, 0.3) is 0 Å². The van der Waals surface area contributed by atoms with Crippen molar-refractivity contribution in [3.63, 3.8) is 0 Å². The predicted molar refractivity (Wildman–Crippen MR) is 65.1 cm³/mol. The van der Waals surface area contributed by atoms with Gasteiger partial charge >= 0.3 is 0 Å². The van der Waals surface area contributed by atoms with Gasteiger partial charge in [-0.15, -0.1) is 0 Å². The van der Waals surface area contributed by atoms with E-state index in [0.29, 0.717) is 0 Å². The van der Waals surface area contributed by atoms with E-state index in [0.717, 1.165) is 38.4 Å². The van der Waals surface area contributed by atoms with E-state index >= 15 is 0 Å². The van der Waals surface area contributed by atoms with Gasteiger partial charge in [-0.1, -0.05) is 0 Å². The zero-order valence-electron chi connectivity index (χ0n) is 9.51. The van der Waals surface area contributed by atoms with Crippen LogP contribution in [0.2, 0.25) is 0 Å². The Kier molecular flexibility index (Phi) is 2.70. The summed E-state index contributed by atoms with van der Waals surface area (Å²) < 4.78 is 5.79. The fourth-order valence-electron chi connectivity index (χ4n) is 2.42. The first-order valence-electron chi connectivity index (χ1n) is 6.17. The summed E-state index contributed by atoms with van der Waals surface area (Å²) in [6.45, 7) is 3.85. The van der Waals surface area contributed by atoms with E-state index in [1.54, 1.807) is 0 Å². The first-order valence-corrected chi connectivity index (χ1v) is 6.17. The normalized spacial score (nSPS) is 19.5.